The molecule has 0 heterocycles. The van der Waals surface area contributed by atoms with E-state index in [1.54, 1.807) is 6.07 Å². The van der Waals surface area contributed by atoms with E-state index in [-0.39, 0.29) is 0 Å². The van der Waals surface area contributed by atoms with Crippen LogP contribution in [0.1, 0.15) is 42.4 Å². The Hall–Kier alpha value is -1.80. The number of hydrogen-bond donors (Lipinski definition) is 2. The van der Waals surface area contributed by atoms with Crippen molar-refractivity contribution in [1.82, 2.24) is 5.32 Å². The lowest BCUT2D eigenvalue weighted by Gasteiger charge is -2.35. The second kappa shape index (κ2) is 6.31. The summed E-state index contributed by atoms with van der Waals surface area (Å²) >= 11 is 0. The van der Waals surface area contributed by atoms with Crippen LogP contribution in [-0.2, 0) is 6.42 Å². The fourth-order valence-electron chi connectivity index (χ4n) is 3.42. The molecule has 2 aromatic rings. The summed E-state index contributed by atoms with van der Waals surface area (Å²) in [6.45, 7) is 3.25. The molecule has 1 aliphatic carbocycles. The molecule has 0 unspecified atom stereocenters. The van der Waals surface area contributed by atoms with Gasteiger partial charge in [0.15, 0.2) is 0 Å². The van der Waals surface area contributed by atoms with E-state index in [1.165, 1.54) is 16.7 Å². The van der Waals surface area contributed by atoms with Crippen molar-refractivity contribution in [2.75, 3.05) is 6.54 Å². The molecule has 0 aliphatic heterocycles. The molecule has 0 amide bonds. The number of aromatic hydroxyl groups is 1. The van der Waals surface area contributed by atoms with E-state index in [0.29, 0.717) is 17.7 Å². The maximum atomic E-state index is 9.89. The molecule has 2 N–H and O–H groups in total. The van der Waals surface area contributed by atoms with Gasteiger partial charge < -0.3 is 10.4 Å². The maximum Gasteiger partial charge on any atom is 0.115 e. The Morgan fingerprint density at radius 1 is 1.14 bits per heavy atom. The second-order valence-electron chi connectivity index (χ2n) is 5.87. The largest absolute Gasteiger partial charge is 0.508 e. The number of phenols is 1. The van der Waals surface area contributed by atoms with Crippen LogP contribution in [-0.4, -0.2) is 17.7 Å². The zero-order valence-electron chi connectivity index (χ0n) is 12.5. The van der Waals surface area contributed by atoms with E-state index >= 15 is 0 Å². The van der Waals surface area contributed by atoms with Crippen molar-refractivity contribution >= 4 is 0 Å². The lowest BCUT2D eigenvalue weighted by atomic mass is 9.75. The number of aryl methyl sites for hydroxylation is 1. The Balaban J connectivity index is 2.02. The maximum absolute atomic E-state index is 9.89. The molecule has 0 fully saturated rings. The molecule has 0 spiro atoms. The average Bonchev–Trinajstić information content (AvgIpc) is 2.53. The molecule has 2 atom stereocenters. The van der Waals surface area contributed by atoms with Gasteiger partial charge in [0.1, 0.15) is 5.75 Å². The average molecular weight is 281 g/mol. The molecular weight excluding hydrogens is 258 g/mol. The standard InChI is InChI=1S/C19H23NO/c1-2-12-20-18-11-9-14-8-10-16(21)13-17(14)19(18)15-6-4-3-5-7-15/h3-8,10,13,18-21H,2,9,11-12H2,1H3/t18-,19-/m0/s1. The first-order chi connectivity index (χ1) is 10.3. The predicted molar refractivity (Wildman–Crippen MR) is 86.8 cm³/mol. The molecule has 0 aromatic heterocycles. The number of fused-ring (bicyclic) bond motifs is 1. The molecule has 1 aliphatic rings. The van der Waals surface area contributed by atoms with Gasteiger partial charge in [0.05, 0.1) is 0 Å². The van der Waals surface area contributed by atoms with Gasteiger partial charge in [0.25, 0.3) is 0 Å². The van der Waals surface area contributed by atoms with Crippen molar-refractivity contribution in [2.24, 2.45) is 0 Å². The zero-order valence-corrected chi connectivity index (χ0v) is 12.5. The van der Waals surface area contributed by atoms with Crippen LogP contribution in [0.25, 0.3) is 0 Å². The normalized spacial score (nSPS) is 21.0. The minimum atomic E-state index is 0.327. The Morgan fingerprint density at radius 2 is 1.95 bits per heavy atom. The number of hydrogen-bond acceptors (Lipinski definition) is 2. The van der Waals surface area contributed by atoms with Gasteiger partial charge in [-0.15, -0.1) is 0 Å². The second-order valence-corrected chi connectivity index (χ2v) is 5.87. The van der Waals surface area contributed by atoms with Gasteiger partial charge in [-0.3, -0.25) is 0 Å². The fraction of sp³-hybridized carbons (Fsp3) is 0.368. The third-order valence-corrected chi connectivity index (χ3v) is 4.41. The Bertz CT molecular complexity index is 594. The van der Waals surface area contributed by atoms with Gasteiger partial charge in [-0.25, -0.2) is 0 Å². The summed E-state index contributed by atoms with van der Waals surface area (Å²) in [7, 11) is 0. The molecule has 2 heteroatoms. The zero-order chi connectivity index (χ0) is 14.7. The van der Waals surface area contributed by atoms with Crippen LogP contribution >= 0.6 is 0 Å². The molecule has 0 saturated carbocycles. The molecule has 110 valence electrons. The Morgan fingerprint density at radius 3 is 2.71 bits per heavy atom. The minimum absolute atomic E-state index is 0.327. The van der Waals surface area contributed by atoms with Crippen molar-refractivity contribution in [3.63, 3.8) is 0 Å². The van der Waals surface area contributed by atoms with Gasteiger partial charge in [-0.1, -0.05) is 43.3 Å². The van der Waals surface area contributed by atoms with E-state index in [9.17, 15) is 5.11 Å². The highest BCUT2D eigenvalue weighted by molar-refractivity contribution is 5.45. The van der Waals surface area contributed by atoms with Crippen LogP contribution in [0.3, 0.4) is 0 Å². The molecule has 0 bridgehead atoms. The monoisotopic (exact) mass is 281 g/mol. The van der Waals surface area contributed by atoms with Crippen LogP contribution in [0.4, 0.5) is 0 Å². The number of benzene rings is 2. The van der Waals surface area contributed by atoms with Gasteiger partial charge in [-0.2, -0.15) is 0 Å². The Labute approximate surface area is 126 Å². The molecular formula is C19H23NO. The molecule has 2 aromatic carbocycles. The summed E-state index contributed by atoms with van der Waals surface area (Å²) in [5.74, 6) is 0.694. The third-order valence-electron chi connectivity index (χ3n) is 4.41. The summed E-state index contributed by atoms with van der Waals surface area (Å²) in [6.07, 6.45) is 3.38. The van der Waals surface area contributed by atoms with Crippen molar-refractivity contribution in [2.45, 2.75) is 38.1 Å². The van der Waals surface area contributed by atoms with E-state index in [0.717, 1.165) is 25.8 Å². The van der Waals surface area contributed by atoms with Gasteiger partial charge >= 0.3 is 0 Å². The lowest BCUT2D eigenvalue weighted by Crippen LogP contribution is -2.39. The quantitative estimate of drug-likeness (QED) is 0.892. The van der Waals surface area contributed by atoms with Crippen molar-refractivity contribution in [3.8, 4) is 5.75 Å². The van der Waals surface area contributed by atoms with Gasteiger partial charge in [0.2, 0.25) is 0 Å². The third kappa shape index (κ3) is 2.96. The highest BCUT2D eigenvalue weighted by Gasteiger charge is 2.30. The van der Waals surface area contributed by atoms with Crippen molar-refractivity contribution < 1.29 is 5.11 Å². The minimum Gasteiger partial charge on any atom is -0.508 e. The van der Waals surface area contributed by atoms with Crippen molar-refractivity contribution in [3.05, 3.63) is 65.2 Å². The highest BCUT2D eigenvalue weighted by atomic mass is 16.3. The number of nitrogens with one attached hydrogen (secondary N) is 1. The fourth-order valence-corrected chi connectivity index (χ4v) is 3.42. The predicted octanol–water partition coefficient (Wildman–Crippen LogP) is 3.84. The molecule has 0 radical (unpaired) electrons. The van der Waals surface area contributed by atoms with E-state index in [2.05, 4.69) is 48.6 Å². The van der Waals surface area contributed by atoms with E-state index in [4.69, 9.17) is 0 Å². The first-order valence-corrected chi connectivity index (χ1v) is 7.89. The number of rotatable bonds is 4. The first-order valence-electron chi connectivity index (χ1n) is 7.89. The van der Waals surface area contributed by atoms with Crippen LogP contribution in [0, 0.1) is 0 Å². The summed E-state index contributed by atoms with van der Waals surface area (Å²) < 4.78 is 0. The summed E-state index contributed by atoms with van der Waals surface area (Å²) in [4.78, 5) is 0. The van der Waals surface area contributed by atoms with Crippen LogP contribution in [0.15, 0.2) is 48.5 Å². The number of phenolic OH excluding ortho intramolecular Hbond substituents is 1. The molecule has 0 saturated heterocycles. The van der Waals surface area contributed by atoms with Crippen LogP contribution < -0.4 is 5.32 Å². The SMILES string of the molecule is CCCN[C@H]1CCc2ccc(O)cc2[C@@H]1c1ccccc1. The summed E-state index contributed by atoms with van der Waals surface area (Å²) in [5.41, 5.74) is 3.98. The Kier molecular flexibility index (Phi) is 4.26. The van der Waals surface area contributed by atoms with Gasteiger partial charge in [0, 0.05) is 12.0 Å². The molecule has 21 heavy (non-hydrogen) atoms. The van der Waals surface area contributed by atoms with E-state index in [1.807, 2.05) is 6.07 Å². The highest BCUT2D eigenvalue weighted by Crippen LogP contribution is 2.38. The van der Waals surface area contributed by atoms with Crippen LogP contribution in [0.2, 0.25) is 0 Å². The lowest BCUT2D eigenvalue weighted by molar-refractivity contribution is 0.416. The van der Waals surface area contributed by atoms with E-state index < -0.39 is 0 Å². The van der Waals surface area contributed by atoms with Gasteiger partial charge in [-0.05, 0) is 54.6 Å². The molecule has 3 rings (SSSR count). The topological polar surface area (TPSA) is 32.3 Å². The summed E-state index contributed by atoms with van der Waals surface area (Å²) in [6, 6.07) is 16.9. The smallest absolute Gasteiger partial charge is 0.115 e. The summed E-state index contributed by atoms with van der Waals surface area (Å²) in [5, 5.41) is 13.6. The first kappa shape index (κ1) is 14.2. The molecule has 2 nitrogen and oxygen atoms in total. The van der Waals surface area contributed by atoms with Crippen LogP contribution in [0.5, 0.6) is 5.75 Å². The van der Waals surface area contributed by atoms with Crippen molar-refractivity contribution in [1.29, 1.82) is 0 Å².